The molecule has 6 nitrogen and oxygen atoms in total. The molecule has 3 amide bonds. The van der Waals surface area contributed by atoms with E-state index in [9.17, 15) is 18.8 Å². The maximum atomic E-state index is 14.2. The van der Waals surface area contributed by atoms with Crippen LogP contribution in [0.2, 0.25) is 0 Å². The molecule has 2 aliphatic heterocycles. The van der Waals surface area contributed by atoms with Crippen LogP contribution in [0.4, 0.5) is 10.1 Å². The van der Waals surface area contributed by atoms with Gasteiger partial charge in [-0.05, 0) is 49.6 Å². The van der Waals surface area contributed by atoms with Crippen LogP contribution < -0.4 is 10.2 Å². The second-order valence-electron chi connectivity index (χ2n) is 7.87. The molecule has 2 aromatic carbocycles. The van der Waals surface area contributed by atoms with Crippen LogP contribution in [0.25, 0.3) is 0 Å². The predicted octanol–water partition coefficient (Wildman–Crippen LogP) is 2.91. The van der Waals surface area contributed by atoms with Crippen LogP contribution in [-0.4, -0.2) is 48.3 Å². The Kier molecular flexibility index (Phi) is 5.53. The average molecular weight is 409 g/mol. The lowest BCUT2D eigenvalue weighted by atomic mass is 10.0. The molecule has 1 fully saturated rings. The quantitative estimate of drug-likeness (QED) is 0.771. The summed E-state index contributed by atoms with van der Waals surface area (Å²) in [4.78, 5) is 40.3. The topological polar surface area (TPSA) is 69.7 Å². The third kappa shape index (κ3) is 3.92. The average Bonchev–Trinajstić information content (AvgIpc) is 2.99. The number of fused-ring (bicyclic) bond motifs is 1. The fourth-order valence-corrected chi connectivity index (χ4v) is 4.13. The number of anilines is 1. The largest absolute Gasteiger partial charge is 0.367 e. The van der Waals surface area contributed by atoms with Crippen molar-refractivity contribution in [1.82, 2.24) is 10.2 Å². The van der Waals surface area contributed by atoms with E-state index in [4.69, 9.17) is 0 Å². The third-order valence-corrected chi connectivity index (χ3v) is 5.67. The summed E-state index contributed by atoms with van der Waals surface area (Å²) in [5.74, 6) is -1.20. The Morgan fingerprint density at radius 1 is 1.13 bits per heavy atom. The van der Waals surface area contributed by atoms with Gasteiger partial charge in [-0.1, -0.05) is 18.2 Å². The lowest BCUT2D eigenvalue weighted by molar-refractivity contribution is -0.121. The number of carbonyl (C=O) groups excluding carboxylic acids is 3. The summed E-state index contributed by atoms with van der Waals surface area (Å²) in [6, 6.07) is 11.6. The summed E-state index contributed by atoms with van der Waals surface area (Å²) in [6.07, 6.45) is 1.69. The second kappa shape index (κ2) is 8.26. The molecule has 1 N–H and O–H groups in total. The number of carbonyl (C=O) groups is 3. The molecular weight excluding hydrogens is 385 g/mol. The summed E-state index contributed by atoms with van der Waals surface area (Å²) < 4.78 is 14.2. The molecule has 0 aliphatic carbocycles. The fourth-order valence-electron chi connectivity index (χ4n) is 4.13. The molecule has 1 saturated heterocycles. The minimum absolute atomic E-state index is 0.0424. The van der Waals surface area contributed by atoms with Gasteiger partial charge in [0.1, 0.15) is 5.82 Å². The van der Waals surface area contributed by atoms with E-state index in [0.29, 0.717) is 23.4 Å². The Morgan fingerprint density at radius 2 is 1.83 bits per heavy atom. The van der Waals surface area contributed by atoms with Crippen molar-refractivity contribution in [1.29, 1.82) is 0 Å². The number of nitrogens with one attached hydrogen (secondary N) is 1. The van der Waals surface area contributed by atoms with Gasteiger partial charge in [-0.3, -0.25) is 19.3 Å². The first-order valence-electron chi connectivity index (χ1n) is 10.2. The van der Waals surface area contributed by atoms with Gasteiger partial charge in [-0.15, -0.1) is 0 Å². The molecule has 4 rings (SSSR count). The third-order valence-electron chi connectivity index (χ3n) is 5.67. The van der Waals surface area contributed by atoms with Crippen LogP contribution in [0.5, 0.6) is 0 Å². The van der Waals surface area contributed by atoms with Gasteiger partial charge >= 0.3 is 0 Å². The smallest absolute Gasteiger partial charge is 0.261 e. The first-order valence-corrected chi connectivity index (χ1v) is 10.2. The summed E-state index contributed by atoms with van der Waals surface area (Å²) >= 11 is 0. The lowest BCUT2D eigenvalue weighted by Crippen LogP contribution is -2.48. The van der Waals surface area contributed by atoms with Crippen molar-refractivity contribution >= 4 is 23.4 Å². The minimum Gasteiger partial charge on any atom is -0.367 e. The van der Waals surface area contributed by atoms with Gasteiger partial charge < -0.3 is 10.2 Å². The van der Waals surface area contributed by atoms with Gasteiger partial charge in [-0.25, -0.2) is 4.39 Å². The van der Waals surface area contributed by atoms with Gasteiger partial charge in [0.05, 0.1) is 16.8 Å². The SMILES string of the molecule is Cc1ccc(F)c(N2CCCC(NC(=O)CCN3C(=O)c4ccccc4C3=O)C2)c1. The highest BCUT2D eigenvalue weighted by Gasteiger charge is 2.35. The Morgan fingerprint density at radius 3 is 2.53 bits per heavy atom. The van der Waals surface area contributed by atoms with Crippen LogP contribution in [-0.2, 0) is 4.79 Å². The Bertz CT molecular complexity index is 972. The highest BCUT2D eigenvalue weighted by atomic mass is 19.1. The number of piperidine rings is 1. The van der Waals surface area contributed by atoms with Gasteiger partial charge in [0, 0.05) is 32.1 Å². The van der Waals surface area contributed by atoms with E-state index in [2.05, 4.69) is 5.32 Å². The molecular formula is C23H24FN3O3. The van der Waals surface area contributed by atoms with Crippen molar-refractivity contribution in [2.24, 2.45) is 0 Å². The molecule has 2 aliphatic rings. The lowest BCUT2D eigenvalue weighted by Gasteiger charge is -2.35. The van der Waals surface area contributed by atoms with Crippen LogP contribution in [0.15, 0.2) is 42.5 Å². The minimum atomic E-state index is -0.359. The van der Waals surface area contributed by atoms with E-state index in [0.717, 1.165) is 29.8 Å². The number of aryl methyl sites for hydroxylation is 1. The van der Waals surface area contributed by atoms with E-state index < -0.39 is 0 Å². The molecule has 0 bridgehead atoms. The molecule has 0 spiro atoms. The van der Waals surface area contributed by atoms with Crippen LogP contribution in [0.1, 0.15) is 45.5 Å². The van der Waals surface area contributed by atoms with E-state index in [1.165, 1.54) is 6.07 Å². The van der Waals surface area contributed by atoms with Gasteiger partial charge in [0.2, 0.25) is 5.91 Å². The van der Waals surface area contributed by atoms with E-state index in [-0.39, 0.29) is 42.5 Å². The number of halogens is 1. The highest BCUT2D eigenvalue weighted by molar-refractivity contribution is 6.21. The van der Waals surface area contributed by atoms with Crippen molar-refractivity contribution in [3.63, 3.8) is 0 Å². The summed E-state index contributed by atoms with van der Waals surface area (Å²) in [6.45, 7) is 3.23. The number of imide groups is 1. The van der Waals surface area contributed by atoms with Gasteiger partial charge in [-0.2, -0.15) is 0 Å². The first kappa shape index (κ1) is 20.1. The fraction of sp³-hybridized carbons (Fsp3) is 0.348. The molecule has 30 heavy (non-hydrogen) atoms. The maximum Gasteiger partial charge on any atom is 0.261 e. The van der Waals surface area contributed by atoms with E-state index >= 15 is 0 Å². The summed E-state index contributed by atoms with van der Waals surface area (Å²) in [5, 5.41) is 2.98. The zero-order chi connectivity index (χ0) is 21.3. The van der Waals surface area contributed by atoms with E-state index in [1.807, 2.05) is 17.9 Å². The molecule has 7 heteroatoms. The summed E-state index contributed by atoms with van der Waals surface area (Å²) in [5.41, 5.74) is 2.30. The zero-order valence-electron chi connectivity index (χ0n) is 16.9. The van der Waals surface area contributed by atoms with Crippen molar-refractivity contribution < 1.29 is 18.8 Å². The Hall–Kier alpha value is -3.22. The number of rotatable bonds is 5. The number of hydrogen-bond acceptors (Lipinski definition) is 4. The molecule has 1 atom stereocenters. The van der Waals surface area contributed by atoms with Crippen molar-refractivity contribution in [3.8, 4) is 0 Å². The standard InChI is InChI=1S/C23H24FN3O3/c1-15-8-9-19(24)20(13-15)26-11-4-5-16(14-26)25-21(28)10-12-27-22(29)17-6-2-3-7-18(17)23(27)30/h2-3,6-9,13,16H,4-5,10-12,14H2,1H3,(H,25,28). The molecule has 0 aromatic heterocycles. The number of nitrogens with zero attached hydrogens (tertiary/aromatic N) is 2. The van der Waals surface area contributed by atoms with Crippen LogP contribution in [0.3, 0.4) is 0 Å². The summed E-state index contributed by atoms with van der Waals surface area (Å²) in [7, 11) is 0. The van der Waals surface area contributed by atoms with Gasteiger partial charge in [0.25, 0.3) is 11.8 Å². The molecule has 0 saturated carbocycles. The number of benzene rings is 2. The Balaban J connectivity index is 1.33. The van der Waals surface area contributed by atoms with Crippen LogP contribution in [0, 0.1) is 12.7 Å². The first-order chi connectivity index (χ1) is 14.4. The molecule has 2 aromatic rings. The van der Waals surface area contributed by atoms with Crippen LogP contribution >= 0.6 is 0 Å². The monoisotopic (exact) mass is 409 g/mol. The molecule has 0 radical (unpaired) electrons. The number of hydrogen-bond donors (Lipinski definition) is 1. The highest BCUT2D eigenvalue weighted by Crippen LogP contribution is 2.25. The maximum absolute atomic E-state index is 14.2. The molecule has 2 heterocycles. The number of amides is 3. The Labute approximate surface area is 174 Å². The van der Waals surface area contributed by atoms with E-state index in [1.54, 1.807) is 30.3 Å². The second-order valence-corrected chi connectivity index (χ2v) is 7.87. The zero-order valence-corrected chi connectivity index (χ0v) is 16.9. The van der Waals surface area contributed by atoms with Crippen molar-refractivity contribution in [2.75, 3.05) is 24.5 Å². The molecule has 156 valence electrons. The van der Waals surface area contributed by atoms with Gasteiger partial charge in [0.15, 0.2) is 0 Å². The predicted molar refractivity (Wildman–Crippen MR) is 111 cm³/mol. The van der Waals surface area contributed by atoms with Crippen molar-refractivity contribution in [2.45, 2.75) is 32.2 Å². The molecule has 1 unspecified atom stereocenters. The normalized spacial score (nSPS) is 18.5. The van der Waals surface area contributed by atoms with Crippen molar-refractivity contribution in [3.05, 3.63) is 65.0 Å².